The van der Waals surface area contributed by atoms with E-state index in [1.54, 1.807) is 13.0 Å². The number of rotatable bonds is 4. The van der Waals surface area contributed by atoms with Crippen molar-refractivity contribution in [2.45, 2.75) is 19.4 Å². The molecule has 1 unspecified atom stereocenters. The van der Waals surface area contributed by atoms with Gasteiger partial charge in [-0.15, -0.1) is 0 Å². The van der Waals surface area contributed by atoms with Crippen molar-refractivity contribution in [2.24, 2.45) is 0 Å². The van der Waals surface area contributed by atoms with Crippen molar-refractivity contribution in [3.63, 3.8) is 0 Å². The lowest BCUT2D eigenvalue weighted by molar-refractivity contribution is -0.138. The van der Waals surface area contributed by atoms with E-state index in [0.29, 0.717) is 24.4 Å². The highest BCUT2D eigenvalue weighted by molar-refractivity contribution is 5.97. The maximum atomic E-state index is 11.9. The monoisotopic (exact) mass is 244 g/mol. The molecule has 1 aliphatic rings. The quantitative estimate of drug-likeness (QED) is 0.603. The van der Waals surface area contributed by atoms with E-state index in [0.717, 1.165) is 5.56 Å². The largest absolute Gasteiger partial charge is 0.485 e. The molecule has 0 fully saturated rings. The Morgan fingerprint density at radius 1 is 1.50 bits per heavy atom. The fourth-order valence-electron chi connectivity index (χ4n) is 1.92. The summed E-state index contributed by atoms with van der Waals surface area (Å²) in [7, 11) is 0. The van der Waals surface area contributed by atoms with E-state index in [1.165, 1.54) is 0 Å². The molecule has 0 spiro atoms. The predicted molar refractivity (Wildman–Crippen MR) is 69.7 cm³/mol. The van der Waals surface area contributed by atoms with Gasteiger partial charge in [-0.2, -0.15) is 0 Å². The first-order valence-corrected chi connectivity index (χ1v) is 6.01. The van der Waals surface area contributed by atoms with E-state index in [9.17, 15) is 4.79 Å². The lowest BCUT2D eigenvalue weighted by Crippen LogP contribution is -2.08. The lowest BCUT2D eigenvalue weighted by Gasteiger charge is -2.08. The standard InChI is InChI=1S/C15H16O3/c1-3-12-10-13(15(16)17-4-2)14(18-12)11-8-6-5-7-9-11/h3,5-9,12H,1,4,10H2,2H3. The van der Waals surface area contributed by atoms with Crippen LogP contribution >= 0.6 is 0 Å². The molecule has 1 atom stereocenters. The first kappa shape index (κ1) is 12.4. The predicted octanol–water partition coefficient (Wildman–Crippen LogP) is 2.94. The van der Waals surface area contributed by atoms with Crippen molar-refractivity contribution in [3.8, 4) is 0 Å². The first-order chi connectivity index (χ1) is 8.76. The summed E-state index contributed by atoms with van der Waals surface area (Å²) in [5.41, 5.74) is 1.48. The maximum Gasteiger partial charge on any atom is 0.337 e. The smallest absolute Gasteiger partial charge is 0.337 e. The normalized spacial score (nSPS) is 18.4. The Balaban J connectivity index is 2.34. The van der Waals surface area contributed by atoms with Crippen molar-refractivity contribution in [1.29, 1.82) is 0 Å². The molecule has 0 saturated carbocycles. The summed E-state index contributed by atoms with van der Waals surface area (Å²) >= 11 is 0. The molecule has 1 aliphatic heterocycles. The molecule has 3 nitrogen and oxygen atoms in total. The fraction of sp³-hybridized carbons (Fsp3) is 0.267. The van der Waals surface area contributed by atoms with Crippen LogP contribution in [0.15, 0.2) is 48.6 Å². The summed E-state index contributed by atoms with van der Waals surface area (Å²) in [6.45, 7) is 5.86. The first-order valence-electron chi connectivity index (χ1n) is 6.01. The molecule has 0 aromatic heterocycles. The molecule has 0 aliphatic carbocycles. The van der Waals surface area contributed by atoms with Crippen molar-refractivity contribution in [3.05, 3.63) is 54.1 Å². The summed E-state index contributed by atoms with van der Waals surface area (Å²) in [4.78, 5) is 11.9. The SMILES string of the molecule is C=CC1CC(C(=O)OCC)=C(c2ccccc2)O1. The number of hydrogen-bond donors (Lipinski definition) is 0. The summed E-state index contributed by atoms with van der Waals surface area (Å²) in [5.74, 6) is 0.305. The third-order valence-electron chi connectivity index (χ3n) is 2.77. The van der Waals surface area contributed by atoms with Gasteiger partial charge in [0.2, 0.25) is 0 Å². The molecule has 0 amide bonds. The van der Waals surface area contributed by atoms with Gasteiger partial charge in [0.25, 0.3) is 0 Å². The number of hydrogen-bond acceptors (Lipinski definition) is 3. The highest BCUT2D eigenvalue weighted by Crippen LogP contribution is 2.33. The van der Waals surface area contributed by atoms with Crippen LogP contribution in [0.4, 0.5) is 0 Å². The van der Waals surface area contributed by atoms with Crippen molar-refractivity contribution < 1.29 is 14.3 Å². The van der Waals surface area contributed by atoms with Gasteiger partial charge in [-0.25, -0.2) is 4.79 Å². The number of ether oxygens (including phenoxy) is 2. The van der Waals surface area contributed by atoms with E-state index in [1.807, 2.05) is 30.3 Å². The second-order valence-electron chi connectivity index (χ2n) is 3.99. The summed E-state index contributed by atoms with van der Waals surface area (Å²) in [6, 6.07) is 9.58. The lowest BCUT2D eigenvalue weighted by atomic mass is 10.1. The Morgan fingerprint density at radius 2 is 2.22 bits per heavy atom. The Hall–Kier alpha value is -2.03. The minimum absolute atomic E-state index is 0.153. The van der Waals surface area contributed by atoms with Crippen LogP contribution in [-0.2, 0) is 14.3 Å². The molecule has 1 aromatic rings. The van der Waals surface area contributed by atoms with Crippen molar-refractivity contribution in [2.75, 3.05) is 6.61 Å². The van der Waals surface area contributed by atoms with E-state index in [2.05, 4.69) is 6.58 Å². The Kier molecular flexibility index (Phi) is 3.82. The minimum atomic E-state index is -0.305. The van der Waals surface area contributed by atoms with Gasteiger partial charge in [0.05, 0.1) is 12.2 Å². The van der Waals surface area contributed by atoms with Crippen LogP contribution in [0.1, 0.15) is 18.9 Å². The Bertz CT molecular complexity index is 474. The van der Waals surface area contributed by atoms with Gasteiger partial charge < -0.3 is 9.47 Å². The maximum absolute atomic E-state index is 11.9. The van der Waals surface area contributed by atoms with Crippen LogP contribution < -0.4 is 0 Å². The van der Waals surface area contributed by atoms with Crippen molar-refractivity contribution in [1.82, 2.24) is 0 Å². The molecule has 0 saturated heterocycles. The Morgan fingerprint density at radius 3 is 2.83 bits per heavy atom. The zero-order valence-corrected chi connectivity index (χ0v) is 10.4. The van der Waals surface area contributed by atoms with Crippen LogP contribution in [0.2, 0.25) is 0 Å². The topological polar surface area (TPSA) is 35.5 Å². The van der Waals surface area contributed by atoms with Crippen LogP contribution in [-0.4, -0.2) is 18.7 Å². The molecular formula is C15H16O3. The van der Waals surface area contributed by atoms with E-state index < -0.39 is 0 Å². The summed E-state index contributed by atoms with van der Waals surface area (Å²) in [6.07, 6.45) is 2.07. The molecule has 3 heteroatoms. The summed E-state index contributed by atoms with van der Waals surface area (Å²) < 4.78 is 10.8. The zero-order valence-electron chi connectivity index (χ0n) is 10.4. The van der Waals surface area contributed by atoms with Crippen LogP contribution in [0.5, 0.6) is 0 Å². The van der Waals surface area contributed by atoms with Gasteiger partial charge in [0.1, 0.15) is 11.9 Å². The zero-order chi connectivity index (χ0) is 13.0. The van der Waals surface area contributed by atoms with Gasteiger partial charge in [-0.1, -0.05) is 43.0 Å². The molecule has 94 valence electrons. The molecule has 2 rings (SSSR count). The van der Waals surface area contributed by atoms with Gasteiger partial charge in [-0.3, -0.25) is 0 Å². The molecule has 0 bridgehead atoms. The van der Waals surface area contributed by atoms with Crippen LogP contribution in [0.25, 0.3) is 5.76 Å². The average Bonchev–Trinajstić information content (AvgIpc) is 2.84. The average molecular weight is 244 g/mol. The van der Waals surface area contributed by atoms with Crippen LogP contribution in [0.3, 0.4) is 0 Å². The highest BCUT2D eigenvalue weighted by atomic mass is 16.5. The molecule has 0 N–H and O–H groups in total. The van der Waals surface area contributed by atoms with Gasteiger partial charge >= 0.3 is 5.97 Å². The minimum Gasteiger partial charge on any atom is -0.485 e. The van der Waals surface area contributed by atoms with Gasteiger partial charge in [0.15, 0.2) is 0 Å². The highest BCUT2D eigenvalue weighted by Gasteiger charge is 2.30. The third-order valence-corrected chi connectivity index (χ3v) is 2.77. The Labute approximate surface area is 107 Å². The molecule has 1 heterocycles. The van der Waals surface area contributed by atoms with Gasteiger partial charge in [0, 0.05) is 12.0 Å². The number of carbonyl (C=O) groups is 1. The molecule has 0 radical (unpaired) electrons. The van der Waals surface area contributed by atoms with Crippen molar-refractivity contribution >= 4 is 11.7 Å². The molecular weight excluding hydrogens is 228 g/mol. The fourth-order valence-corrected chi connectivity index (χ4v) is 1.92. The van der Waals surface area contributed by atoms with E-state index in [-0.39, 0.29) is 12.1 Å². The van der Waals surface area contributed by atoms with Gasteiger partial charge in [-0.05, 0) is 6.92 Å². The number of carbonyl (C=O) groups excluding carboxylic acids is 1. The third kappa shape index (κ3) is 2.45. The van der Waals surface area contributed by atoms with E-state index >= 15 is 0 Å². The molecule has 1 aromatic carbocycles. The molecule has 18 heavy (non-hydrogen) atoms. The van der Waals surface area contributed by atoms with E-state index in [4.69, 9.17) is 9.47 Å². The second-order valence-corrected chi connectivity index (χ2v) is 3.99. The summed E-state index contributed by atoms with van der Waals surface area (Å²) in [5, 5.41) is 0. The van der Waals surface area contributed by atoms with Crippen LogP contribution in [0, 0.1) is 0 Å². The second kappa shape index (κ2) is 5.54. The number of esters is 1. The number of benzene rings is 1.